The van der Waals surface area contributed by atoms with Crippen LogP contribution in [0.15, 0.2) is 35.4 Å². The molecular formula is C19H19F3N2O2S. The van der Waals surface area contributed by atoms with Gasteiger partial charge >= 0.3 is 0 Å². The van der Waals surface area contributed by atoms with Crippen LogP contribution in [0.1, 0.15) is 19.8 Å². The van der Waals surface area contributed by atoms with Gasteiger partial charge < -0.3 is 9.45 Å². The summed E-state index contributed by atoms with van der Waals surface area (Å²) in [4.78, 5) is 17.0. The summed E-state index contributed by atoms with van der Waals surface area (Å²) in [5.74, 6) is -1.95. The van der Waals surface area contributed by atoms with E-state index in [0.717, 1.165) is 25.1 Å². The van der Waals surface area contributed by atoms with Gasteiger partial charge in [-0.25, -0.2) is 13.2 Å². The average Bonchev–Trinajstić information content (AvgIpc) is 2.62. The fourth-order valence-corrected chi connectivity index (χ4v) is 4.58. The molecule has 1 fully saturated rings. The van der Waals surface area contributed by atoms with Gasteiger partial charge in [-0.2, -0.15) is 0 Å². The Morgan fingerprint density at radius 2 is 1.93 bits per heavy atom. The van der Waals surface area contributed by atoms with Crippen LogP contribution >= 0.6 is 0 Å². The number of amides is 1. The maximum atomic E-state index is 14.4. The lowest BCUT2D eigenvalue weighted by Crippen LogP contribution is -2.38. The molecule has 3 rings (SSSR count). The molecule has 1 unspecified atom stereocenters. The molecule has 1 aromatic heterocycles. The molecule has 1 amide bonds. The van der Waals surface area contributed by atoms with Gasteiger partial charge in [-0.1, -0.05) is 0 Å². The fraction of sp³-hybridized carbons (Fsp3) is 0.368. The molecule has 1 aliphatic rings. The Morgan fingerprint density at radius 1 is 1.22 bits per heavy atom. The summed E-state index contributed by atoms with van der Waals surface area (Å²) < 4.78 is 53.8. The van der Waals surface area contributed by atoms with Crippen LogP contribution in [0.2, 0.25) is 0 Å². The highest BCUT2D eigenvalue weighted by Gasteiger charge is 2.26. The summed E-state index contributed by atoms with van der Waals surface area (Å²) >= 11 is -1.40. The molecule has 0 spiro atoms. The first-order valence-electron chi connectivity index (χ1n) is 8.60. The summed E-state index contributed by atoms with van der Waals surface area (Å²) in [6, 6.07) is 4.54. The Bertz CT molecular complexity index is 842. The van der Waals surface area contributed by atoms with Crippen molar-refractivity contribution in [2.75, 3.05) is 18.8 Å². The highest BCUT2D eigenvalue weighted by molar-refractivity contribution is 7.91. The first-order valence-corrected chi connectivity index (χ1v) is 9.92. The van der Waals surface area contributed by atoms with Crippen LogP contribution in [0.25, 0.3) is 11.3 Å². The minimum absolute atomic E-state index is 0.0360. The van der Waals surface area contributed by atoms with Crippen molar-refractivity contribution in [2.24, 2.45) is 5.92 Å². The second-order valence-electron chi connectivity index (χ2n) is 6.59. The molecule has 0 N–H and O–H groups in total. The van der Waals surface area contributed by atoms with E-state index in [1.165, 1.54) is 19.1 Å². The number of nitrogens with zero attached hydrogens (tertiary/aromatic N) is 2. The van der Waals surface area contributed by atoms with Crippen molar-refractivity contribution < 1.29 is 22.5 Å². The van der Waals surface area contributed by atoms with Crippen molar-refractivity contribution in [1.29, 1.82) is 0 Å². The van der Waals surface area contributed by atoms with Crippen molar-refractivity contribution in [3.8, 4) is 11.3 Å². The van der Waals surface area contributed by atoms with Crippen LogP contribution in [0.4, 0.5) is 13.2 Å². The summed E-state index contributed by atoms with van der Waals surface area (Å²) in [6.07, 6.45) is 2.34. The maximum absolute atomic E-state index is 14.4. The van der Waals surface area contributed by atoms with Crippen LogP contribution in [0.5, 0.6) is 0 Å². The fourth-order valence-electron chi connectivity index (χ4n) is 3.17. The smallest absolute Gasteiger partial charge is 0.219 e. The number of halogens is 3. The van der Waals surface area contributed by atoms with Gasteiger partial charge in [0.25, 0.3) is 0 Å². The first-order chi connectivity index (χ1) is 12.8. The van der Waals surface area contributed by atoms with E-state index in [0.29, 0.717) is 29.8 Å². The van der Waals surface area contributed by atoms with Gasteiger partial charge in [-0.15, -0.1) is 0 Å². The maximum Gasteiger partial charge on any atom is 0.219 e. The second kappa shape index (κ2) is 8.31. The van der Waals surface area contributed by atoms with E-state index in [1.807, 2.05) is 0 Å². The van der Waals surface area contributed by atoms with Crippen molar-refractivity contribution in [2.45, 2.75) is 24.7 Å². The average molecular weight is 396 g/mol. The SMILES string of the molecule is CC(=O)N1CCC(C[S+]([O-])c2ccc(-c3ncc(F)cc3F)c(F)c2)CC1. The Labute approximate surface area is 158 Å². The predicted octanol–water partition coefficient (Wildman–Crippen LogP) is 3.53. The number of likely N-dealkylation sites (tertiary alicyclic amines) is 1. The van der Waals surface area contributed by atoms with Gasteiger partial charge in [-0.05, 0) is 36.2 Å². The van der Waals surface area contributed by atoms with E-state index in [1.54, 1.807) is 4.90 Å². The predicted molar refractivity (Wildman–Crippen MR) is 95.8 cm³/mol. The van der Waals surface area contributed by atoms with Crippen LogP contribution < -0.4 is 0 Å². The minimum Gasteiger partial charge on any atom is -0.611 e. The molecule has 0 radical (unpaired) electrons. The van der Waals surface area contributed by atoms with Crippen molar-refractivity contribution in [3.05, 3.63) is 47.9 Å². The molecule has 0 bridgehead atoms. The lowest BCUT2D eigenvalue weighted by Gasteiger charge is -2.31. The Hall–Kier alpha value is -2.06. The molecule has 1 saturated heterocycles. The molecule has 2 aromatic rings. The lowest BCUT2D eigenvalue weighted by molar-refractivity contribution is -0.130. The molecule has 0 aliphatic carbocycles. The zero-order chi connectivity index (χ0) is 19.6. The summed E-state index contributed by atoms with van der Waals surface area (Å²) in [5, 5.41) is 0. The van der Waals surface area contributed by atoms with Crippen LogP contribution in [0.3, 0.4) is 0 Å². The highest BCUT2D eigenvalue weighted by Crippen LogP contribution is 2.28. The normalized spacial score (nSPS) is 16.4. The van der Waals surface area contributed by atoms with Gasteiger partial charge in [0, 0.05) is 43.6 Å². The number of carbonyl (C=O) groups excluding carboxylic acids is 1. The molecule has 0 saturated carbocycles. The van der Waals surface area contributed by atoms with Gasteiger partial charge in [0.1, 0.15) is 23.1 Å². The monoisotopic (exact) mass is 396 g/mol. The van der Waals surface area contributed by atoms with Gasteiger partial charge in [0.2, 0.25) is 5.91 Å². The third-order valence-electron chi connectivity index (χ3n) is 4.71. The number of piperidine rings is 1. The van der Waals surface area contributed by atoms with E-state index in [9.17, 15) is 22.5 Å². The van der Waals surface area contributed by atoms with Gasteiger partial charge in [0.05, 0.1) is 6.20 Å². The van der Waals surface area contributed by atoms with E-state index in [4.69, 9.17) is 0 Å². The third kappa shape index (κ3) is 4.62. The number of benzene rings is 1. The Balaban J connectivity index is 1.69. The van der Waals surface area contributed by atoms with Crippen LogP contribution in [0, 0.1) is 23.4 Å². The standard InChI is InChI=1S/C19H19F3N2O2S/c1-12(25)24-6-4-13(5-7-24)11-27(26)15-2-3-16(17(21)9-15)19-18(22)8-14(20)10-23-19/h2-3,8-10,13H,4-7,11H2,1H3. The molecule has 1 aromatic carbocycles. The van der Waals surface area contributed by atoms with Crippen molar-refractivity contribution in [3.63, 3.8) is 0 Å². The third-order valence-corrected chi connectivity index (χ3v) is 6.27. The number of pyridine rings is 1. The molecule has 1 aliphatic heterocycles. The number of carbonyl (C=O) groups is 1. The Morgan fingerprint density at radius 3 is 2.52 bits per heavy atom. The van der Waals surface area contributed by atoms with Gasteiger partial charge in [0.15, 0.2) is 10.7 Å². The zero-order valence-electron chi connectivity index (χ0n) is 14.8. The van der Waals surface area contributed by atoms with E-state index < -0.39 is 28.6 Å². The molecule has 4 nitrogen and oxygen atoms in total. The second-order valence-corrected chi connectivity index (χ2v) is 8.08. The minimum atomic E-state index is -1.40. The molecule has 2 heterocycles. The van der Waals surface area contributed by atoms with Crippen LogP contribution in [-0.2, 0) is 16.0 Å². The number of aromatic nitrogens is 1. The van der Waals surface area contributed by atoms with Crippen molar-refractivity contribution in [1.82, 2.24) is 9.88 Å². The van der Waals surface area contributed by atoms with E-state index in [-0.39, 0.29) is 23.1 Å². The summed E-state index contributed by atoms with van der Waals surface area (Å²) in [7, 11) is 0. The largest absolute Gasteiger partial charge is 0.611 e. The van der Waals surface area contributed by atoms with Crippen LogP contribution in [-0.4, -0.2) is 39.2 Å². The molecule has 8 heteroatoms. The molecule has 27 heavy (non-hydrogen) atoms. The molecule has 1 atom stereocenters. The van der Waals surface area contributed by atoms with Gasteiger partial charge in [-0.3, -0.25) is 9.78 Å². The topological polar surface area (TPSA) is 56.3 Å². The van der Waals surface area contributed by atoms with E-state index in [2.05, 4.69) is 4.98 Å². The molecular weight excluding hydrogens is 377 g/mol. The summed E-state index contributed by atoms with van der Waals surface area (Å²) in [6.45, 7) is 2.81. The highest BCUT2D eigenvalue weighted by atomic mass is 32.2. The van der Waals surface area contributed by atoms with Crippen molar-refractivity contribution >= 4 is 17.1 Å². The van der Waals surface area contributed by atoms with E-state index >= 15 is 0 Å². The quantitative estimate of drug-likeness (QED) is 0.743. The lowest BCUT2D eigenvalue weighted by atomic mass is 9.99. The molecule has 144 valence electrons. The number of hydrogen-bond acceptors (Lipinski definition) is 3. The number of hydrogen-bond donors (Lipinski definition) is 0. The number of rotatable bonds is 4. The first kappa shape index (κ1) is 19.7. The summed E-state index contributed by atoms with van der Waals surface area (Å²) in [5.41, 5.74) is -0.397. The Kier molecular flexibility index (Phi) is 6.06. The zero-order valence-corrected chi connectivity index (χ0v) is 15.6.